The smallest absolute Gasteiger partial charge is 0.216 e. The van der Waals surface area contributed by atoms with E-state index in [9.17, 15) is 16.8 Å². The van der Waals surface area contributed by atoms with Gasteiger partial charge in [-0.15, -0.1) is 0 Å². The molecule has 0 saturated carbocycles. The van der Waals surface area contributed by atoms with Gasteiger partial charge in [-0.1, -0.05) is 0 Å². The monoisotopic (exact) mass is 258 g/mol. The van der Waals surface area contributed by atoms with Gasteiger partial charge < -0.3 is 0 Å². The lowest BCUT2D eigenvalue weighted by atomic mass is 10.3. The molecule has 8 heteroatoms. The number of rotatable bonds is 5. The highest BCUT2D eigenvalue weighted by Crippen LogP contribution is 2.12. The molecule has 0 aliphatic carbocycles. The molecule has 0 aliphatic heterocycles. The van der Waals surface area contributed by atoms with E-state index in [1.165, 1.54) is 0 Å². The second kappa shape index (κ2) is 4.77. The molecule has 6 nitrogen and oxygen atoms in total. The van der Waals surface area contributed by atoms with E-state index in [1.807, 2.05) is 0 Å². The van der Waals surface area contributed by atoms with Crippen LogP contribution in [0.2, 0.25) is 0 Å². The first-order chi connectivity index (χ1) is 6.46. The Labute approximate surface area is 91.3 Å². The third kappa shape index (κ3) is 6.08. The van der Waals surface area contributed by atoms with Crippen LogP contribution in [0.15, 0.2) is 0 Å². The summed E-state index contributed by atoms with van der Waals surface area (Å²) >= 11 is 0. The lowest BCUT2D eigenvalue weighted by Crippen LogP contribution is -2.40. The topological polar surface area (TPSA) is 106 Å². The minimum Gasteiger partial charge on any atom is -0.229 e. The molecule has 15 heavy (non-hydrogen) atoms. The van der Waals surface area contributed by atoms with Crippen molar-refractivity contribution in [3.05, 3.63) is 0 Å². The Bertz CT molecular complexity index is 391. The fraction of sp³-hybridized carbons (Fsp3) is 1.00. The summed E-state index contributed by atoms with van der Waals surface area (Å²) in [6.45, 7) is 4.77. The van der Waals surface area contributed by atoms with Crippen LogP contribution in [-0.4, -0.2) is 33.9 Å². The summed E-state index contributed by atoms with van der Waals surface area (Å²) in [6, 6.07) is 0. The molecule has 0 unspecified atom stereocenters. The molecule has 0 fully saturated rings. The molecule has 0 heterocycles. The first kappa shape index (κ1) is 14.8. The molecular formula is C7H18N2O4S2. The summed E-state index contributed by atoms with van der Waals surface area (Å²) in [5.41, 5.74) is 0. The molecule has 0 bridgehead atoms. The molecule has 0 rings (SSSR count). The maximum Gasteiger partial charge on any atom is 0.216 e. The van der Waals surface area contributed by atoms with Crippen LogP contribution in [0.25, 0.3) is 0 Å². The molecule has 0 saturated heterocycles. The first-order valence-electron chi connectivity index (χ1n) is 4.45. The van der Waals surface area contributed by atoms with Crippen LogP contribution in [0, 0.1) is 0 Å². The Morgan fingerprint density at radius 1 is 1.13 bits per heavy atom. The van der Waals surface area contributed by atoms with E-state index < -0.39 is 24.8 Å². The Hall–Kier alpha value is -0.180. The molecule has 0 aromatic carbocycles. The summed E-state index contributed by atoms with van der Waals surface area (Å²) < 4.78 is 45.5. The molecule has 0 aliphatic rings. The maximum atomic E-state index is 11.5. The Balaban J connectivity index is 4.10. The van der Waals surface area contributed by atoms with Crippen molar-refractivity contribution in [3.8, 4) is 0 Å². The standard InChI is InChI=1S/C7H18N2O4S2/c1-7(2,3)15(12,13)9-5-4-6-14(8,10)11/h9H,4-6H2,1-3H3,(H2,8,10,11). The lowest BCUT2D eigenvalue weighted by molar-refractivity contribution is 0.543. The number of hydrogen-bond acceptors (Lipinski definition) is 4. The highest BCUT2D eigenvalue weighted by molar-refractivity contribution is 7.90. The number of nitrogens with two attached hydrogens (primary N) is 1. The van der Waals surface area contributed by atoms with Crippen molar-refractivity contribution in [3.63, 3.8) is 0 Å². The van der Waals surface area contributed by atoms with Crippen molar-refractivity contribution in [2.24, 2.45) is 5.14 Å². The molecular weight excluding hydrogens is 240 g/mol. The SMILES string of the molecule is CC(C)(C)S(=O)(=O)NCCCS(N)(=O)=O. The van der Waals surface area contributed by atoms with Gasteiger partial charge in [-0.05, 0) is 27.2 Å². The predicted molar refractivity (Wildman–Crippen MR) is 59.3 cm³/mol. The minimum atomic E-state index is -3.51. The summed E-state index contributed by atoms with van der Waals surface area (Å²) in [5, 5.41) is 4.77. The quantitative estimate of drug-likeness (QED) is 0.641. The van der Waals surface area contributed by atoms with Gasteiger partial charge in [0.2, 0.25) is 20.0 Å². The zero-order valence-electron chi connectivity index (χ0n) is 9.15. The average Bonchev–Trinajstić information content (AvgIpc) is 1.94. The van der Waals surface area contributed by atoms with Gasteiger partial charge in [0.25, 0.3) is 0 Å². The van der Waals surface area contributed by atoms with Gasteiger partial charge in [-0.2, -0.15) is 0 Å². The van der Waals surface area contributed by atoms with Crippen molar-refractivity contribution in [2.75, 3.05) is 12.3 Å². The number of sulfonamides is 2. The Kier molecular flexibility index (Phi) is 4.71. The Morgan fingerprint density at radius 3 is 1.93 bits per heavy atom. The van der Waals surface area contributed by atoms with Crippen LogP contribution in [0.5, 0.6) is 0 Å². The van der Waals surface area contributed by atoms with E-state index in [0.717, 1.165) is 0 Å². The second-order valence-corrected chi connectivity index (χ2v) is 8.48. The Morgan fingerprint density at radius 2 is 1.60 bits per heavy atom. The van der Waals surface area contributed by atoms with E-state index in [1.54, 1.807) is 20.8 Å². The summed E-state index contributed by atoms with van der Waals surface area (Å²) in [6.07, 6.45) is 0.175. The van der Waals surface area contributed by atoms with E-state index >= 15 is 0 Å². The van der Waals surface area contributed by atoms with E-state index in [-0.39, 0.29) is 18.7 Å². The normalized spacial score (nSPS) is 14.1. The van der Waals surface area contributed by atoms with Crippen LogP contribution in [0.4, 0.5) is 0 Å². The fourth-order valence-electron chi connectivity index (χ4n) is 0.696. The van der Waals surface area contributed by atoms with Crippen molar-refractivity contribution in [1.82, 2.24) is 4.72 Å². The van der Waals surface area contributed by atoms with Crippen molar-refractivity contribution in [1.29, 1.82) is 0 Å². The van der Waals surface area contributed by atoms with E-state index in [0.29, 0.717) is 0 Å². The molecule has 0 amide bonds. The molecule has 0 spiro atoms. The molecule has 0 aromatic rings. The third-order valence-corrected chi connectivity index (χ3v) is 4.76. The van der Waals surface area contributed by atoms with Crippen molar-refractivity contribution >= 4 is 20.0 Å². The van der Waals surface area contributed by atoms with Gasteiger partial charge in [-0.3, -0.25) is 0 Å². The highest BCUT2D eigenvalue weighted by Gasteiger charge is 2.28. The molecule has 3 N–H and O–H groups in total. The zero-order valence-corrected chi connectivity index (χ0v) is 10.8. The van der Waals surface area contributed by atoms with Crippen LogP contribution in [0.1, 0.15) is 27.2 Å². The van der Waals surface area contributed by atoms with Crippen LogP contribution >= 0.6 is 0 Å². The summed E-state index contributed by atoms with van der Waals surface area (Å²) in [7, 11) is -6.91. The van der Waals surface area contributed by atoms with Crippen molar-refractivity contribution < 1.29 is 16.8 Å². The van der Waals surface area contributed by atoms with E-state index in [2.05, 4.69) is 4.72 Å². The largest absolute Gasteiger partial charge is 0.229 e. The fourth-order valence-corrected chi connectivity index (χ4v) is 2.09. The third-order valence-electron chi connectivity index (χ3n) is 1.70. The molecule has 0 radical (unpaired) electrons. The summed E-state index contributed by atoms with van der Waals surface area (Å²) in [4.78, 5) is 0. The number of nitrogens with one attached hydrogen (secondary N) is 1. The van der Waals surface area contributed by atoms with Gasteiger partial charge in [0.05, 0.1) is 10.5 Å². The van der Waals surface area contributed by atoms with Crippen LogP contribution in [0.3, 0.4) is 0 Å². The predicted octanol–water partition coefficient (Wildman–Crippen LogP) is -0.617. The average molecular weight is 258 g/mol. The maximum absolute atomic E-state index is 11.5. The van der Waals surface area contributed by atoms with E-state index in [4.69, 9.17) is 5.14 Å². The van der Waals surface area contributed by atoms with Gasteiger partial charge in [0.15, 0.2) is 0 Å². The van der Waals surface area contributed by atoms with Crippen LogP contribution < -0.4 is 9.86 Å². The minimum absolute atomic E-state index is 0.0794. The van der Waals surface area contributed by atoms with Gasteiger partial charge in [-0.25, -0.2) is 26.7 Å². The summed E-state index contributed by atoms with van der Waals surface area (Å²) in [5.74, 6) is -0.223. The van der Waals surface area contributed by atoms with Gasteiger partial charge in [0, 0.05) is 6.54 Å². The molecule has 0 aromatic heterocycles. The second-order valence-electron chi connectivity index (χ2n) is 4.23. The van der Waals surface area contributed by atoms with Crippen molar-refractivity contribution in [2.45, 2.75) is 31.9 Å². The van der Waals surface area contributed by atoms with Gasteiger partial charge in [0.1, 0.15) is 0 Å². The molecule has 92 valence electrons. The van der Waals surface area contributed by atoms with Crippen LogP contribution in [-0.2, 0) is 20.0 Å². The number of hydrogen-bond donors (Lipinski definition) is 2. The molecule has 0 atom stereocenters. The highest BCUT2D eigenvalue weighted by atomic mass is 32.2. The zero-order chi connectivity index (χ0) is 12.3. The first-order valence-corrected chi connectivity index (χ1v) is 7.65. The lowest BCUT2D eigenvalue weighted by Gasteiger charge is -2.19. The van der Waals surface area contributed by atoms with Gasteiger partial charge >= 0.3 is 0 Å². The number of primary sulfonamides is 1.